The van der Waals surface area contributed by atoms with Crippen LogP contribution < -0.4 is 10.1 Å². The van der Waals surface area contributed by atoms with Gasteiger partial charge in [0, 0.05) is 23.3 Å². The molecule has 0 aliphatic rings. The number of H-pyrrole nitrogens is 1. The second kappa shape index (κ2) is 7.79. The van der Waals surface area contributed by atoms with Crippen molar-refractivity contribution < 1.29 is 22.7 Å². The summed E-state index contributed by atoms with van der Waals surface area (Å²) in [5.41, 5.74) is -0.0972. The molecule has 0 aliphatic carbocycles. The Kier molecular flexibility index (Phi) is 5.00. The minimum Gasteiger partial charge on any atom is -0.457 e. The van der Waals surface area contributed by atoms with Crippen LogP contribution in [0.3, 0.4) is 0 Å². The van der Waals surface area contributed by atoms with Gasteiger partial charge < -0.3 is 10.1 Å². The van der Waals surface area contributed by atoms with E-state index in [4.69, 9.17) is 10.00 Å². The Hall–Kier alpha value is -4.39. The van der Waals surface area contributed by atoms with Gasteiger partial charge in [-0.05, 0) is 48.5 Å². The standard InChI is InChI=1S/C21H12F3N5O2/c22-21(23,24)12-1-6-18-17(9-12)19(29-28-18)20(30)27-13-2-4-15(5-3-13)31-16-7-8-26-14(10-16)11-25/h1-10H,(H,27,30)(H,28,29). The molecule has 0 unspecified atom stereocenters. The fraction of sp³-hybridized carbons (Fsp3) is 0.0476. The van der Waals surface area contributed by atoms with Crippen molar-refractivity contribution in [1.29, 1.82) is 5.26 Å². The highest BCUT2D eigenvalue weighted by molar-refractivity contribution is 6.11. The van der Waals surface area contributed by atoms with Gasteiger partial charge in [0.15, 0.2) is 5.69 Å². The fourth-order valence-electron chi connectivity index (χ4n) is 2.83. The number of halogens is 3. The molecule has 7 nitrogen and oxygen atoms in total. The largest absolute Gasteiger partial charge is 0.457 e. The van der Waals surface area contributed by atoms with Gasteiger partial charge in [0.1, 0.15) is 23.3 Å². The van der Waals surface area contributed by atoms with Crippen molar-refractivity contribution in [3.05, 3.63) is 77.7 Å². The Balaban J connectivity index is 1.50. The van der Waals surface area contributed by atoms with E-state index in [1.54, 1.807) is 30.3 Å². The average Bonchev–Trinajstić information content (AvgIpc) is 3.18. The number of nitriles is 1. The molecule has 2 heterocycles. The summed E-state index contributed by atoms with van der Waals surface area (Å²) in [6.07, 6.45) is -3.08. The number of hydrogen-bond acceptors (Lipinski definition) is 5. The van der Waals surface area contributed by atoms with Crippen molar-refractivity contribution in [1.82, 2.24) is 15.2 Å². The Bertz CT molecular complexity index is 1310. The molecule has 4 aromatic rings. The molecule has 0 atom stereocenters. The molecule has 4 rings (SSSR count). The highest BCUT2D eigenvalue weighted by atomic mass is 19.4. The monoisotopic (exact) mass is 423 g/mol. The number of alkyl halides is 3. The molecule has 0 bridgehead atoms. The van der Waals surface area contributed by atoms with Crippen LogP contribution >= 0.6 is 0 Å². The second-order valence-corrected chi connectivity index (χ2v) is 6.40. The molecular formula is C21H12F3N5O2. The summed E-state index contributed by atoms with van der Waals surface area (Å²) >= 11 is 0. The molecule has 2 aromatic heterocycles. The van der Waals surface area contributed by atoms with E-state index in [9.17, 15) is 18.0 Å². The van der Waals surface area contributed by atoms with E-state index in [0.717, 1.165) is 12.1 Å². The molecule has 2 aromatic carbocycles. The van der Waals surface area contributed by atoms with Gasteiger partial charge in [-0.2, -0.15) is 23.5 Å². The number of amides is 1. The molecule has 2 N–H and O–H groups in total. The maximum Gasteiger partial charge on any atom is 0.416 e. The molecule has 31 heavy (non-hydrogen) atoms. The zero-order valence-electron chi connectivity index (χ0n) is 15.6. The number of ether oxygens (including phenoxy) is 1. The van der Waals surface area contributed by atoms with Gasteiger partial charge in [-0.3, -0.25) is 9.89 Å². The first-order chi connectivity index (χ1) is 14.8. The number of pyridine rings is 1. The first-order valence-electron chi connectivity index (χ1n) is 8.84. The Morgan fingerprint density at radius 1 is 1.06 bits per heavy atom. The summed E-state index contributed by atoms with van der Waals surface area (Å²) in [5.74, 6) is 0.215. The molecule has 0 saturated heterocycles. The maximum absolute atomic E-state index is 13.0. The highest BCUT2D eigenvalue weighted by Crippen LogP contribution is 2.32. The summed E-state index contributed by atoms with van der Waals surface area (Å²) in [7, 11) is 0. The van der Waals surface area contributed by atoms with Crippen molar-refractivity contribution in [3.8, 4) is 17.6 Å². The van der Waals surface area contributed by atoms with Gasteiger partial charge in [-0.1, -0.05) is 0 Å². The third-order valence-electron chi connectivity index (χ3n) is 4.30. The normalized spacial score (nSPS) is 11.2. The van der Waals surface area contributed by atoms with E-state index in [0.29, 0.717) is 22.7 Å². The molecule has 0 saturated carbocycles. The first-order valence-corrected chi connectivity index (χ1v) is 8.84. The number of carbonyl (C=O) groups is 1. The van der Waals surface area contributed by atoms with Crippen LogP contribution in [-0.4, -0.2) is 21.1 Å². The number of carbonyl (C=O) groups excluding carboxylic acids is 1. The lowest BCUT2D eigenvalue weighted by Crippen LogP contribution is -2.13. The lowest BCUT2D eigenvalue weighted by Gasteiger charge is -2.08. The predicted octanol–water partition coefficient (Wildman–Crippen LogP) is 4.89. The van der Waals surface area contributed by atoms with Crippen LogP contribution in [-0.2, 0) is 6.18 Å². The number of rotatable bonds is 4. The molecule has 0 aliphatic heterocycles. The van der Waals surface area contributed by atoms with Crippen molar-refractivity contribution in [2.45, 2.75) is 6.18 Å². The third kappa shape index (κ3) is 4.30. The molecular weight excluding hydrogens is 411 g/mol. The van der Waals surface area contributed by atoms with Crippen LogP contribution in [0.5, 0.6) is 11.5 Å². The van der Waals surface area contributed by atoms with Crippen molar-refractivity contribution in [2.75, 3.05) is 5.32 Å². The first kappa shape index (κ1) is 19.9. The number of anilines is 1. The van der Waals surface area contributed by atoms with E-state index in [1.807, 2.05) is 6.07 Å². The molecule has 0 fully saturated rings. The van der Waals surface area contributed by atoms with E-state index in [1.165, 1.54) is 18.3 Å². The van der Waals surface area contributed by atoms with Crippen LogP contribution in [0.1, 0.15) is 21.7 Å². The molecule has 1 amide bonds. The zero-order valence-corrected chi connectivity index (χ0v) is 15.6. The van der Waals surface area contributed by atoms with Crippen LogP contribution in [0.25, 0.3) is 10.9 Å². The number of aromatic nitrogens is 3. The lowest BCUT2D eigenvalue weighted by molar-refractivity contribution is -0.137. The number of nitrogens with one attached hydrogen (secondary N) is 2. The summed E-state index contributed by atoms with van der Waals surface area (Å²) in [5, 5.41) is 17.9. The van der Waals surface area contributed by atoms with Crippen LogP contribution in [0.2, 0.25) is 0 Å². The number of hydrogen-bond donors (Lipinski definition) is 2. The van der Waals surface area contributed by atoms with E-state index in [-0.39, 0.29) is 16.8 Å². The Morgan fingerprint density at radius 3 is 2.55 bits per heavy atom. The minimum atomic E-state index is -4.53. The molecule has 10 heteroatoms. The smallest absolute Gasteiger partial charge is 0.416 e. The van der Waals surface area contributed by atoms with E-state index < -0.39 is 17.6 Å². The maximum atomic E-state index is 13.0. The van der Waals surface area contributed by atoms with Gasteiger partial charge in [-0.15, -0.1) is 0 Å². The van der Waals surface area contributed by atoms with Crippen LogP contribution in [0, 0.1) is 11.3 Å². The minimum absolute atomic E-state index is 0.0678. The Morgan fingerprint density at radius 2 is 1.84 bits per heavy atom. The van der Waals surface area contributed by atoms with Gasteiger partial charge in [0.25, 0.3) is 5.91 Å². The van der Waals surface area contributed by atoms with Crippen LogP contribution in [0.15, 0.2) is 60.8 Å². The van der Waals surface area contributed by atoms with Gasteiger partial charge in [0.2, 0.25) is 0 Å². The molecule has 0 spiro atoms. The topological polar surface area (TPSA) is 104 Å². The number of benzene rings is 2. The van der Waals surface area contributed by atoms with Crippen molar-refractivity contribution >= 4 is 22.5 Å². The third-order valence-corrected chi connectivity index (χ3v) is 4.30. The summed E-state index contributed by atoms with van der Waals surface area (Å²) in [6.45, 7) is 0. The van der Waals surface area contributed by atoms with E-state index in [2.05, 4.69) is 20.5 Å². The quantitative estimate of drug-likeness (QED) is 0.486. The van der Waals surface area contributed by atoms with Crippen LogP contribution in [0.4, 0.5) is 18.9 Å². The van der Waals surface area contributed by atoms with Gasteiger partial charge in [-0.25, -0.2) is 4.98 Å². The Labute approximate surface area is 173 Å². The molecule has 154 valence electrons. The summed E-state index contributed by atoms with van der Waals surface area (Å²) < 4.78 is 44.6. The highest BCUT2D eigenvalue weighted by Gasteiger charge is 2.31. The number of fused-ring (bicyclic) bond motifs is 1. The summed E-state index contributed by atoms with van der Waals surface area (Å²) in [6, 6.07) is 14.3. The van der Waals surface area contributed by atoms with E-state index >= 15 is 0 Å². The predicted molar refractivity (Wildman–Crippen MR) is 105 cm³/mol. The van der Waals surface area contributed by atoms with Gasteiger partial charge >= 0.3 is 6.18 Å². The number of aromatic amines is 1. The molecule has 0 radical (unpaired) electrons. The summed E-state index contributed by atoms with van der Waals surface area (Å²) in [4.78, 5) is 16.4. The van der Waals surface area contributed by atoms with Crippen molar-refractivity contribution in [3.63, 3.8) is 0 Å². The second-order valence-electron chi connectivity index (χ2n) is 6.40. The van der Waals surface area contributed by atoms with Gasteiger partial charge in [0.05, 0.1) is 11.1 Å². The SMILES string of the molecule is N#Cc1cc(Oc2ccc(NC(=O)c3n[nH]c4ccc(C(F)(F)F)cc34)cc2)ccn1. The zero-order chi connectivity index (χ0) is 22.0. The van der Waals surface area contributed by atoms with Crippen molar-refractivity contribution in [2.24, 2.45) is 0 Å². The fourth-order valence-corrected chi connectivity index (χ4v) is 2.83. The lowest BCUT2D eigenvalue weighted by atomic mass is 10.1. The average molecular weight is 423 g/mol. The number of nitrogens with zero attached hydrogens (tertiary/aromatic N) is 3.